The summed E-state index contributed by atoms with van der Waals surface area (Å²) in [7, 11) is 0. The molecule has 5 nitrogen and oxygen atoms in total. The fourth-order valence-electron chi connectivity index (χ4n) is 1.81. The molecule has 0 spiro atoms. The van der Waals surface area contributed by atoms with Gasteiger partial charge in [0.2, 0.25) is 0 Å². The maximum Gasteiger partial charge on any atom is 0.314 e. The molecule has 1 fully saturated rings. The third kappa shape index (κ3) is 5.32. The highest BCUT2D eigenvalue weighted by Gasteiger charge is 2.15. The molecule has 0 radical (unpaired) electrons. The fourth-order valence-corrected chi connectivity index (χ4v) is 1.81. The first-order chi connectivity index (χ1) is 7.72. The highest BCUT2D eigenvalue weighted by molar-refractivity contribution is 5.73. The Balaban J connectivity index is 2.00. The van der Waals surface area contributed by atoms with E-state index in [1.54, 1.807) is 0 Å². The molecule has 94 valence electrons. The zero-order valence-corrected chi connectivity index (χ0v) is 10.2. The van der Waals surface area contributed by atoms with Gasteiger partial charge in [0.05, 0.1) is 0 Å². The van der Waals surface area contributed by atoms with Crippen molar-refractivity contribution in [2.24, 2.45) is 5.73 Å². The summed E-state index contributed by atoms with van der Waals surface area (Å²) < 4.78 is 0. The Morgan fingerprint density at radius 3 is 2.56 bits per heavy atom. The van der Waals surface area contributed by atoms with Crippen molar-refractivity contribution in [1.29, 1.82) is 0 Å². The molecule has 0 aliphatic carbocycles. The summed E-state index contributed by atoms with van der Waals surface area (Å²) in [5, 5.41) is 5.64. The summed E-state index contributed by atoms with van der Waals surface area (Å²) in [6, 6.07) is 0.313. The molecule has 1 aliphatic rings. The third-order valence-electron chi connectivity index (χ3n) is 2.88. The molecule has 2 amide bonds. The first kappa shape index (κ1) is 13.3. The minimum absolute atomic E-state index is 0.0597. The van der Waals surface area contributed by atoms with Crippen molar-refractivity contribution in [3.63, 3.8) is 0 Å². The van der Waals surface area contributed by atoms with Gasteiger partial charge in [0.1, 0.15) is 0 Å². The van der Waals surface area contributed by atoms with Crippen molar-refractivity contribution < 1.29 is 4.79 Å². The topological polar surface area (TPSA) is 70.4 Å². The number of amides is 2. The zero-order valence-electron chi connectivity index (χ0n) is 10.2. The van der Waals surface area contributed by atoms with Crippen LogP contribution in [0.5, 0.6) is 0 Å². The van der Waals surface area contributed by atoms with Crippen LogP contribution < -0.4 is 16.4 Å². The van der Waals surface area contributed by atoms with Crippen molar-refractivity contribution in [2.75, 3.05) is 32.7 Å². The molecular formula is C11H24N4O. The molecule has 4 N–H and O–H groups in total. The van der Waals surface area contributed by atoms with Gasteiger partial charge in [0.25, 0.3) is 0 Å². The average Bonchev–Trinajstić information content (AvgIpc) is 2.29. The maximum absolute atomic E-state index is 11.2. The average molecular weight is 228 g/mol. The number of hydrogen-bond donors (Lipinski definition) is 3. The fraction of sp³-hybridized carbons (Fsp3) is 0.909. The van der Waals surface area contributed by atoms with E-state index in [0.717, 1.165) is 45.4 Å². The van der Waals surface area contributed by atoms with Crippen LogP contribution in [0.3, 0.4) is 0 Å². The van der Waals surface area contributed by atoms with Gasteiger partial charge in [0, 0.05) is 25.7 Å². The number of urea groups is 1. The molecule has 1 rings (SSSR count). The highest BCUT2D eigenvalue weighted by Crippen LogP contribution is 2.06. The molecule has 1 aliphatic heterocycles. The number of nitrogens with zero attached hydrogens (tertiary/aromatic N) is 1. The number of nitrogens with two attached hydrogens (primary N) is 1. The van der Waals surface area contributed by atoms with Gasteiger partial charge in [-0.15, -0.1) is 0 Å². The van der Waals surface area contributed by atoms with Gasteiger partial charge >= 0.3 is 6.03 Å². The number of likely N-dealkylation sites (tertiary alicyclic amines) is 1. The van der Waals surface area contributed by atoms with Crippen molar-refractivity contribution >= 4 is 6.03 Å². The van der Waals surface area contributed by atoms with Crippen LogP contribution >= 0.6 is 0 Å². The Labute approximate surface area is 97.7 Å². The van der Waals surface area contributed by atoms with E-state index < -0.39 is 0 Å². The lowest BCUT2D eigenvalue weighted by molar-refractivity contribution is 0.209. The Hall–Kier alpha value is -0.810. The second-order valence-electron chi connectivity index (χ2n) is 4.36. The second-order valence-corrected chi connectivity index (χ2v) is 4.36. The first-order valence-electron chi connectivity index (χ1n) is 6.22. The molecule has 0 unspecified atom stereocenters. The molecule has 0 atom stereocenters. The van der Waals surface area contributed by atoms with E-state index in [0.29, 0.717) is 12.6 Å². The van der Waals surface area contributed by atoms with Crippen molar-refractivity contribution in [1.82, 2.24) is 15.5 Å². The van der Waals surface area contributed by atoms with Crippen molar-refractivity contribution in [3.05, 3.63) is 0 Å². The maximum atomic E-state index is 11.2. The predicted molar refractivity (Wildman–Crippen MR) is 65.3 cm³/mol. The molecule has 16 heavy (non-hydrogen) atoms. The van der Waals surface area contributed by atoms with Crippen LogP contribution in [0, 0.1) is 0 Å². The van der Waals surface area contributed by atoms with E-state index in [9.17, 15) is 4.79 Å². The SMILES string of the molecule is CCCNC(=O)NCCN1CCC(N)CC1. The van der Waals surface area contributed by atoms with Gasteiger partial charge < -0.3 is 21.3 Å². The number of hydrogen-bond acceptors (Lipinski definition) is 3. The monoisotopic (exact) mass is 228 g/mol. The summed E-state index contributed by atoms with van der Waals surface area (Å²) in [4.78, 5) is 13.6. The van der Waals surface area contributed by atoms with Crippen LogP contribution in [0.25, 0.3) is 0 Å². The van der Waals surface area contributed by atoms with Crippen LogP contribution in [0.2, 0.25) is 0 Å². The Morgan fingerprint density at radius 1 is 1.31 bits per heavy atom. The van der Waals surface area contributed by atoms with Gasteiger partial charge in [-0.3, -0.25) is 0 Å². The summed E-state index contributed by atoms with van der Waals surface area (Å²) in [6.07, 6.45) is 3.11. The molecular weight excluding hydrogens is 204 g/mol. The predicted octanol–water partition coefficient (Wildman–Crippen LogP) is 0.119. The summed E-state index contributed by atoms with van der Waals surface area (Å²) in [5.41, 5.74) is 5.82. The van der Waals surface area contributed by atoms with E-state index in [4.69, 9.17) is 5.73 Å². The summed E-state index contributed by atoms with van der Waals surface area (Å²) in [5.74, 6) is 0. The van der Waals surface area contributed by atoms with Gasteiger partial charge in [-0.25, -0.2) is 4.79 Å². The molecule has 0 saturated carbocycles. The number of piperidine rings is 1. The smallest absolute Gasteiger partial charge is 0.314 e. The Morgan fingerprint density at radius 2 is 1.94 bits per heavy atom. The van der Waals surface area contributed by atoms with Gasteiger partial charge in [-0.1, -0.05) is 6.92 Å². The summed E-state index contributed by atoms with van der Waals surface area (Å²) in [6.45, 7) is 6.53. The number of carbonyl (C=O) groups is 1. The second kappa shape index (κ2) is 7.46. The van der Waals surface area contributed by atoms with Crippen molar-refractivity contribution in [3.8, 4) is 0 Å². The van der Waals surface area contributed by atoms with Gasteiger partial charge in [-0.2, -0.15) is 0 Å². The van der Waals surface area contributed by atoms with Crippen LogP contribution in [0.15, 0.2) is 0 Å². The lowest BCUT2D eigenvalue weighted by Crippen LogP contribution is -2.44. The van der Waals surface area contributed by atoms with E-state index in [1.807, 2.05) is 6.92 Å². The van der Waals surface area contributed by atoms with Crippen molar-refractivity contribution in [2.45, 2.75) is 32.2 Å². The van der Waals surface area contributed by atoms with Crippen LogP contribution in [0.1, 0.15) is 26.2 Å². The molecule has 0 aromatic heterocycles. The Kier molecular flexibility index (Phi) is 6.18. The Bertz CT molecular complexity index is 202. The highest BCUT2D eigenvalue weighted by atomic mass is 16.2. The van der Waals surface area contributed by atoms with E-state index in [2.05, 4.69) is 15.5 Å². The zero-order chi connectivity index (χ0) is 11.8. The minimum atomic E-state index is -0.0597. The standard InChI is InChI=1S/C11H24N4O/c1-2-5-13-11(16)14-6-9-15-7-3-10(12)4-8-15/h10H,2-9,12H2,1H3,(H2,13,14,16). The van der Waals surface area contributed by atoms with Gasteiger partial charge in [-0.05, 0) is 32.4 Å². The molecule has 1 saturated heterocycles. The van der Waals surface area contributed by atoms with E-state index >= 15 is 0 Å². The third-order valence-corrected chi connectivity index (χ3v) is 2.88. The molecule has 1 heterocycles. The first-order valence-corrected chi connectivity index (χ1v) is 6.22. The van der Waals surface area contributed by atoms with Crippen LogP contribution in [-0.2, 0) is 0 Å². The van der Waals surface area contributed by atoms with E-state index in [1.165, 1.54) is 0 Å². The van der Waals surface area contributed by atoms with E-state index in [-0.39, 0.29) is 6.03 Å². The number of rotatable bonds is 5. The number of carbonyl (C=O) groups excluding carboxylic acids is 1. The summed E-state index contributed by atoms with van der Waals surface area (Å²) >= 11 is 0. The molecule has 0 aromatic carbocycles. The number of nitrogens with one attached hydrogen (secondary N) is 2. The van der Waals surface area contributed by atoms with Gasteiger partial charge in [0.15, 0.2) is 0 Å². The van der Waals surface area contributed by atoms with Crippen LogP contribution in [0.4, 0.5) is 4.79 Å². The largest absolute Gasteiger partial charge is 0.338 e. The lowest BCUT2D eigenvalue weighted by Gasteiger charge is -2.29. The lowest BCUT2D eigenvalue weighted by atomic mass is 10.1. The molecule has 5 heteroatoms. The molecule has 0 aromatic rings. The quantitative estimate of drug-likeness (QED) is 0.626. The minimum Gasteiger partial charge on any atom is -0.338 e. The normalized spacial score (nSPS) is 18.4. The molecule has 0 bridgehead atoms. The van der Waals surface area contributed by atoms with Crippen LogP contribution in [-0.4, -0.2) is 49.7 Å².